The van der Waals surface area contributed by atoms with Crippen molar-refractivity contribution in [1.82, 2.24) is 10.3 Å². The van der Waals surface area contributed by atoms with Crippen molar-refractivity contribution in [3.63, 3.8) is 0 Å². The molecule has 0 aliphatic carbocycles. The molecule has 15 heavy (non-hydrogen) atoms. The normalized spacial score (nSPS) is 12.9. The zero-order valence-electron chi connectivity index (χ0n) is 9.49. The lowest BCUT2D eigenvalue weighted by molar-refractivity contribution is -0.129. The molecule has 0 aliphatic heterocycles. The Morgan fingerprint density at radius 3 is 2.20 bits per heavy atom. The highest BCUT2D eigenvalue weighted by Gasteiger charge is 2.28. The third-order valence-corrected chi connectivity index (χ3v) is 2.20. The topological polar surface area (TPSA) is 101 Å². The predicted molar refractivity (Wildman–Crippen MR) is 57.4 cm³/mol. The maximum absolute atomic E-state index is 11.5. The van der Waals surface area contributed by atoms with Crippen molar-refractivity contribution in [3.8, 4) is 0 Å². The number of hydrazine groups is 1. The van der Waals surface area contributed by atoms with Crippen molar-refractivity contribution in [2.45, 2.75) is 26.8 Å². The van der Waals surface area contributed by atoms with E-state index in [9.17, 15) is 9.59 Å². The zero-order valence-corrected chi connectivity index (χ0v) is 9.49. The summed E-state index contributed by atoms with van der Waals surface area (Å²) in [6, 6.07) is -0.424. The summed E-state index contributed by atoms with van der Waals surface area (Å²) in [5, 5.41) is 0. The molecular formula is C9H20N4O2. The quantitative estimate of drug-likeness (QED) is 0.295. The maximum Gasteiger partial charge on any atom is 0.251 e. The number of nitrogens with zero attached hydrogens (tertiary/aromatic N) is 1. The van der Waals surface area contributed by atoms with E-state index in [0.29, 0.717) is 6.54 Å². The van der Waals surface area contributed by atoms with Crippen molar-refractivity contribution in [2.75, 3.05) is 13.1 Å². The Balaban J connectivity index is 4.69. The van der Waals surface area contributed by atoms with Crippen LogP contribution in [0.15, 0.2) is 0 Å². The van der Waals surface area contributed by atoms with Gasteiger partial charge < -0.3 is 5.73 Å². The molecule has 1 unspecified atom stereocenters. The van der Waals surface area contributed by atoms with Gasteiger partial charge in [0.2, 0.25) is 5.91 Å². The average Bonchev–Trinajstić information content (AvgIpc) is 2.15. The van der Waals surface area contributed by atoms with Crippen molar-refractivity contribution >= 4 is 11.8 Å². The smallest absolute Gasteiger partial charge is 0.251 e. The highest BCUT2D eigenvalue weighted by Crippen LogP contribution is 2.10. The Kier molecular flexibility index (Phi) is 5.88. The summed E-state index contributed by atoms with van der Waals surface area (Å²) < 4.78 is 0. The number of carbonyl (C=O) groups is 2. The lowest BCUT2D eigenvalue weighted by Crippen LogP contribution is -2.53. The van der Waals surface area contributed by atoms with Crippen molar-refractivity contribution in [3.05, 3.63) is 0 Å². The fourth-order valence-electron chi connectivity index (χ4n) is 1.58. The number of nitrogens with one attached hydrogen (secondary N) is 1. The number of amides is 2. The molecule has 5 N–H and O–H groups in total. The number of primary amides is 1. The van der Waals surface area contributed by atoms with Crippen LogP contribution in [0.25, 0.3) is 0 Å². The van der Waals surface area contributed by atoms with Crippen molar-refractivity contribution in [1.29, 1.82) is 0 Å². The SMILES string of the molecule is CCN(CC(N)=O)C(C(=O)NN)C(C)C. The van der Waals surface area contributed by atoms with Crippen LogP contribution in [0.1, 0.15) is 20.8 Å². The molecule has 0 radical (unpaired) electrons. The van der Waals surface area contributed by atoms with Crippen LogP contribution < -0.4 is 17.0 Å². The van der Waals surface area contributed by atoms with Gasteiger partial charge in [0.25, 0.3) is 5.91 Å². The number of likely N-dealkylation sites (N-methyl/N-ethyl adjacent to an activating group) is 1. The number of hydrogen-bond acceptors (Lipinski definition) is 4. The fourth-order valence-corrected chi connectivity index (χ4v) is 1.58. The Hall–Kier alpha value is -1.14. The summed E-state index contributed by atoms with van der Waals surface area (Å²) in [5.74, 6) is 4.40. The first-order valence-corrected chi connectivity index (χ1v) is 4.96. The van der Waals surface area contributed by atoms with E-state index in [1.54, 1.807) is 4.90 Å². The molecule has 6 nitrogen and oxygen atoms in total. The van der Waals surface area contributed by atoms with Gasteiger partial charge in [0.15, 0.2) is 0 Å². The van der Waals surface area contributed by atoms with Crippen LogP contribution in [-0.2, 0) is 9.59 Å². The Morgan fingerprint density at radius 1 is 1.40 bits per heavy atom. The van der Waals surface area contributed by atoms with Gasteiger partial charge in [-0.3, -0.25) is 19.9 Å². The van der Waals surface area contributed by atoms with Gasteiger partial charge in [-0.2, -0.15) is 0 Å². The van der Waals surface area contributed by atoms with Crippen LogP contribution in [0.5, 0.6) is 0 Å². The second kappa shape index (κ2) is 6.36. The Bertz CT molecular complexity index is 230. The monoisotopic (exact) mass is 216 g/mol. The molecule has 0 aromatic carbocycles. The second-order valence-electron chi connectivity index (χ2n) is 3.73. The van der Waals surface area contributed by atoms with Crippen LogP contribution >= 0.6 is 0 Å². The van der Waals surface area contributed by atoms with E-state index in [4.69, 9.17) is 11.6 Å². The predicted octanol–water partition coefficient (Wildman–Crippen LogP) is -1.19. The van der Waals surface area contributed by atoms with E-state index in [-0.39, 0.29) is 18.4 Å². The van der Waals surface area contributed by atoms with Gasteiger partial charge in [-0.05, 0) is 12.5 Å². The summed E-state index contributed by atoms with van der Waals surface area (Å²) in [5.41, 5.74) is 7.21. The molecule has 1 atom stereocenters. The molecule has 0 rings (SSSR count). The molecule has 0 saturated carbocycles. The van der Waals surface area contributed by atoms with Gasteiger partial charge in [0, 0.05) is 0 Å². The molecule has 0 spiro atoms. The first-order chi connectivity index (χ1) is 6.93. The molecular weight excluding hydrogens is 196 g/mol. The maximum atomic E-state index is 11.5. The molecule has 88 valence electrons. The molecule has 0 fully saturated rings. The van der Waals surface area contributed by atoms with Crippen LogP contribution in [0, 0.1) is 5.92 Å². The molecule has 0 aliphatic rings. The Morgan fingerprint density at radius 2 is 1.93 bits per heavy atom. The summed E-state index contributed by atoms with van der Waals surface area (Å²) in [7, 11) is 0. The van der Waals surface area contributed by atoms with Gasteiger partial charge in [-0.25, -0.2) is 5.84 Å². The highest BCUT2D eigenvalue weighted by molar-refractivity contribution is 5.83. The van der Waals surface area contributed by atoms with E-state index in [0.717, 1.165) is 0 Å². The van der Waals surface area contributed by atoms with E-state index in [1.807, 2.05) is 20.8 Å². The molecule has 0 aromatic heterocycles. The van der Waals surface area contributed by atoms with Crippen molar-refractivity contribution < 1.29 is 9.59 Å². The van der Waals surface area contributed by atoms with E-state index in [1.165, 1.54) is 0 Å². The minimum Gasteiger partial charge on any atom is -0.369 e. The van der Waals surface area contributed by atoms with Gasteiger partial charge in [0.1, 0.15) is 0 Å². The first kappa shape index (κ1) is 13.9. The van der Waals surface area contributed by atoms with Crippen molar-refractivity contribution in [2.24, 2.45) is 17.5 Å². The van der Waals surface area contributed by atoms with Crippen LogP contribution in [0.3, 0.4) is 0 Å². The van der Waals surface area contributed by atoms with Gasteiger partial charge in [-0.15, -0.1) is 0 Å². The molecule has 6 heteroatoms. The number of rotatable bonds is 6. The van der Waals surface area contributed by atoms with E-state index < -0.39 is 11.9 Å². The minimum absolute atomic E-state index is 0.0623. The van der Waals surface area contributed by atoms with Gasteiger partial charge >= 0.3 is 0 Å². The summed E-state index contributed by atoms with van der Waals surface area (Å²) >= 11 is 0. The first-order valence-electron chi connectivity index (χ1n) is 4.96. The summed E-state index contributed by atoms with van der Waals surface area (Å²) in [6.07, 6.45) is 0. The van der Waals surface area contributed by atoms with Gasteiger partial charge in [-0.1, -0.05) is 20.8 Å². The summed E-state index contributed by atoms with van der Waals surface area (Å²) in [4.78, 5) is 24.0. The lowest BCUT2D eigenvalue weighted by Gasteiger charge is -2.30. The lowest BCUT2D eigenvalue weighted by atomic mass is 10.0. The highest BCUT2D eigenvalue weighted by atomic mass is 16.2. The third-order valence-electron chi connectivity index (χ3n) is 2.20. The second-order valence-corrected chi connectivity index (χ2v) is 3.73. The number of nitrogens with two attached hydrogens (primary N) is 2. The molecule has 0 bridgehead atoms. The van der Waals surface area contributed by atoms with E-state index in [2.05, 4.69) is 5.43 Å². The molecule has 2 amide bonds. The third kappa shape index (κ3) is 4.26. The molecule has 0 heterocycles. The Labute approximate surface area is 89.9 Å². The van der Waals surface area contributed by atoms with Crippen LogP contribution in [0.2, 0.25) is 0 Å². The average molecular weight is 216 g/mol. The van der Waals surface area contributed by atoms with E-state index >= 15 is 0 Å². The molecule has 0 saturated heterocycles. The zero-order chi connectivity index (χ0) is 12.0. The van der Waals surface area contributed by atoms with Crippen LogP contribution in [0.4, 0.5) is 0 Å². The minimum atomic E-state index is -0.452. The number of hydrogen-bond donors (Lipinski definition) is 3. The molecule has 0 aromatic rings. The summed E-state index contributed by atoms with van der Waals surface area (Å²) in [6.45, 7) is 6.28. The number of carbonyl (C=O) groups excluding carboxylic acids is 2. The van der Waals surface area contributed by atoms with Crippen LogP contribution in [-0.4, -0.2) is 35.8 Å². The fraction of sp³-hybridized carbons (Fsp3) is 0.778. The standard InChI is InChI=1S/C9H20N4O2/c1-4-13(5-7(10)14)8(6(2)3)9(15)12-11/h6,8H,4-5,11H2,1-3H3,(H2,10,14)(H,12,15). The largest absolute Gasteiger partial charge is 0.369 e. The van der Waals surface area contributed by atoms with Gasteiger partial charge in [0.05, 0.1) is 12.6 Å².